The molecular weight excluding hydrogens is 178 g/mol. The minimum absolute atomic E-state index is 0. The van der Waals surface area contributed by atoms with Crippen molar-refractivity contribution in [3.63, 3.8) is 0 Å². The molecule has 0 unspecified atom stereocenters. The van der Waals surface area contributed by atoms with E-state index in [1.54, 1.807) is 0 Å². The summed E-state index contributed by atoms with van der Waals surface area (Å²) in [6, 6.07) is 0. The first-order valence-corrected chi connectivity index (χ1v) is 3.63. The highest BCUT2D eigenvalue weighted by Gasteiger charge is 2.09. The molecule has 0 bridgehead atoms. The third-order valence-corrected chi connectivity index (χ3v) is 2.06. The Bertz CT molecular complexity index is 59.9. The van der Waals surface area contributed by atoms with E-state index in [9.17, 15) is 0 Å². The molecule has 2 heteroatoms. The van der Waals surface area contributed by atoms with E-state index in [-0.39, 0.29) is 17.0 Å². The van der Waals surface area contributed by atoms with Crippen LogP contribution in [0.15, 0.2) is 0 Å². The molecule has 0 saturated heterocycles. The molecule has 9 heavy (non-hydrogen) atoms. The van der Waals surface area contributed by atoms with Crippen LogP contribution in [0, 0.1) is 5.92 Å². The van der Waals surface area contributed by atoms with Crippen LogP contribution in [0.5, 0.6) is 0 Å². The maximum atomic E-state index is 5.50. The van der Waals surface area contributed by atoms with Gasteiger partial charge < -0.3 is 5.73 Å². The second-order valence-electron chi connectivity index (χ2n) is 2.74. The fourth-order valence-electron chi connectivity index (χ4n) is 1.42. The Hall–Kier alpha value is 0.440. The fraction of sp³-hybridized carbons (Fsp3) is 1.00. The molecule has 0 aromatic rings. The van der Waals surface area contributed by atoms with Crippen LogP contribution in [0.25, 0.3) is 0 Å². The normalized spacial score (nSPS) is 21.0. The minimum Gasteiger partial charge on any atom is -0.330 e. The lowest BCUT2D eigenvalue weighted by molar-refractivity contribution is 0.366. The van der Waals surface area contributed by atoms with Gasteiger partial charge in [-0.1, -0.05) is 19.3 Å². The van der Waals surface area contributed by atoms with Gasteiger partial charge in [0, 0.05) is 0 Å². The highest BCUT2D eigenvalue weighted by atomic mass is 79.9. The molecule has 0 atom stereocenters. The monoisotopic (exact) mass is 193 g/mol. The van der Waals surface area contributed by atoms with Crippen LogP contribution in [-0.2, 0) is 0 Å². The molecule has 56 valence electrons. The largest absolute Gasteiger partial charge is 0.330 e. The molecule has 2 N–H and O–H groups in total. The quantitative estimate of drug-likeness (QED) is 0.679. The lowest BCUT2D eigenvalue weighted by Gasteiger charge is -2.18. The zero-order valence-electron chi connectivity index (χ0n) is 5.81. The summed E-state index contributed by atoms with van der Waals surface area (Å²) in [5.41, 5.74) is 5.50. The summed E-state index contributed by atoms with van der Waals surface area (Å²) < 4.78 is 0. The molecule has 0 aromatic heterocycles. The van der Waals surface area contributed by atoms with Gasteiger partial charge >= 0.3 is 0 Å². The zero-order valence-corrected chi connectivity index (χ0v) is 7.52. The van der Waals surface area contributed by atoms with Gasteiger partial charge in [0.25, 0.3) is 0 Å². The Morgan fingerprint density at radius 3 is 2.00 bits per heavy atom. The molecular formula is C7H16BrN. The van der Waals surface area contributed by atoms with Gasteiger partial charge in [0.2, 0.25) is 0 Å². The van der Waals surface area contributed by atoms with Crippen molar-refractivity contribution in [2.45, 2.75) is 32.1 Å². The summed E-state index contributed by atoms with van der Waals surface area (Å²) in [5.74, 6) is 0.865. The molecule has 0 aromatic carbocycles. The van der Waals surface area contributed by atoms with E-state index < -0.39 is 0 Å². The van der Waals surface area contributed by atoms with Gasteiger partial charge in [-0.3, -0.25) is 0 Å². The van der Waals surface area contributed by atoms with Crippen LogP contribution in [0.4, 0.5) is 0 Å². The minimum atomic E-state index is 0. The van der Waals surface area contributed by atoms with Crippen LogP contribution in [0.2, 0.25) is 0 Å². The molecule has 0 aliphatic heterocycles. The van der Waals surface area contributed by atoms with E-state index in [2.05, 4.69) is 0 Å². The van der Waals surface area contributed by atoms with Crippen molar-refractivity contribution in [3.05, 3.63) is 0 Å². The fourth-order valence-corrected chi connectivity index (χ4v) is 1.42. The molecule has 1 saturated carbocycles. The Morgan fingerprint density at radius 1 is 1.11 bits per heavy atom. The van der Waals surface area contributed by atoms with E-state index in [1.807, 2.05) is 0 Å². The van der Waals surface area contributed by atoms with E-state index >= 15 is 0 Å². The van der Waals surface area contributed by atoms with Crippen molar-refractivity contribution < 1.29 is 0 Å². The Balaban J connectivity index is 0.000000640. The Morgan fingerprint density at radius 2 is 1.67 bits per heavy atom. The van der Waals surface area contributed by atoms with Crippen molar-refractivity contribution >= 4 is 17.0 Å². The predicted molar refractivity (Wildman–Crippen MR) is 46.0 cm³/mol. The average molecular weight is 194 g/mol. The van der Waals surface area contributed by atoms with Crippen molar-refractivity contribution in [3.8, 4) is 0 Å². The smallest absolute Gasteiger partial charge is 0.00489 e. The topological polar surface area (TPSA) is 26.0 Å². The number of halogens is 1. The van der Waals surface area contributed by atoms with E-state index in [4.69, 9.17) is 5.73 Å². The Labute approximate surface area is 67.8 Å². The number of hydrogen-bond donors (Lipinski definition) is 1. The predicted octanol–water partition coefficient (Wildman–Crippen LogP) is 2.10. The van der Waals surface area contributed by atoms with Crippen molar-refractivity contribution in [1.82, 2.24) is 0 Å². The maximum absolute atomic E-state index is 5.50. The summed E-state index contributed by atoms with van der Waals surface area (Å²) in [6.45, 7) is 0.917. The van der Waals surface area contributed by atoms with E-state index in [0.29, 0.717) is 0 Å². The third-order valence-electron chi connectivity index (χ3n) is 2.06. The molecule has 0 radical (unpaired) electrons. The molecule has 0 amide bonds. The SMILES string of the molecule is Br.NCC1CCCCC1. The summed E-state index contributed by atoms with van der Waals surface area (Å²) in [6.07, 6.45) is 7.05. The van der Waals surface area contributed by atoms with E-state index in [1.165, 1.54) is 32.1 Å². The first-order chi connectivity index (χ1) is 3.93. The zero-order chi connectivity index (χ0) is 5.82. The standard InChI is InChI=1S/C7H15N.BrH/c8-6-7-4-2-1-3-5-7;/h7H,1-6,8H2;1H. The lowest BCUT2D eigenvalue weighted by Crippen LogP contribution is -2.16. The number of rotatable bonds is 1. The molecule has 0 spiro atoms. The molecule has 1 nitrogen and oxygen atoms in total. The number of nitrogens with two attached hydrogens (primary N) is 1. The van der Waals surface area contributed by atoms with Gasteiger partial charge in [-0.05, 0) is 25.3 Å². The van der Waals surface area contributed by atoms with Gasteiger partial charge in [0.1, 0.15) is 0 Å². The lowest BCUT2D eigenvalue weighted by atomic mass is 9.90. The van der Waals surface area contributed by atoms with Crippen LogP contribution in [0.3, 0.4) is 0 Å². The van der Waals surface area contributed by atoms with Crippen molar-refractivity contribution in [2.24, 2.45) is 11.7 Å². The number of hydrogen-bond acceptors (Lipinski definition) is 1. The Kier molecular flexibility index (Phi) is 5.50. The van der Waals surface area contributed by atoms with Gasteiger partial charge in [-0.25, -0.2) is 0 Å². The van der Waals surface area contributed by atoms with E-state index in [0.717, 1.165) is 12.5 Å². The van der Waals surface area contributed by atoms with Gasteiger partial charge in [0.05, 0.1) is 0 Å². The van der Waals surface area contributed by atoms with Gasteiger partial charge in [-0.2, -0.15) is 0 Å². The highest BCUT2D eigenvalue weighted by Crippen LogP contribution is 2.21. The van der Waals surface area contributed by atoms with Crippen LogP contribution in [0.1, 0.15) is 32.1 Å². The van der Waals surface area contributed by atoms with Crippen molar-refractivity contribution in [1.29, 1.82) is 0 Å². The first-order valence-electron chi connectivity index (χ1n) is 3.63. The second-order valence-corrected chi connectivity index (χ2v) is 2.74. The van der Waals surface area contributed by atoms with Gasteiger partial charge in [0.15, 0.2) is 0 Å². The van der Waals surface area contributed by atoms with Crippen LogP contribution < -0.4 is 5.73 Å². The van der Waals surface area contributed by atoms with Crippen LogP contribution in [-0.4, -0.2) is 6.54 Å². The van der Waals surface area contributed by atoms with Gasteiger partial charge in [-0.15, -0.1) is 17.0 Å². The molecule has 1 rings (SSSR count). The highest BCUT2D eigenvalue weighted by molar-refractivity contribution is 8.93. The second kappa shape index (κ2) is 5.24. The third kappa shape index (κ3) is 3.21. The molecule has 1 aliphatic carbocycles. The summed E-state index contributed by atoms with van der Waals surface area (Å²) in [4.78, 5) is 0. The summed E-state index contributed by atoms with van der Waals surface area (Å²) in [7, 11) is 0. The summed E-state index contributed by atoms with van der Waals surface area (Å²) >= 11 is 0. The molecule has 1 fully saturated rings. The maximum Gasteiger partial charge on any atom is -0.00489 e. The first kappa shape index (κ1) is 9.44. The summed E-state index contributed by atoms with van der Waals surface area (Å²) in [5, 5.41) is 0. The van der Waals surface area contributed by atoms with Crippen molar-refractivity contribution in [2.75, 3.05) is 6.54 Å². The van der Waals surface area contributed by atoms with Crippen LogP contribution >= 0.6 is 17.0 Å². The molecule has 1 aliphatic rings. The average Bonchev–Trinajstić information content (AvgIpc) is 1.90. The molecule has 0 heterocycles.